The van der Waals surface area contributed by atoms with Crippen LogP contribution in [0.3, 0.4) is 0 Å². The molecule has 2 aliphatic carbocycles. The van der Waals surface area contributed by atoms with E-state index in [2.05, 4.69) is 4.74 Å². The second-order valence-electron chi connectivity index (χ2n) is 4.36. The van der Waals surface area contributed by atoms with Gasteiger partial charge in [0.2, 0.25) is 10.0 Å². The fourth-order valence-corrected chi connectivity index (χ4v) is 4.68. The highest BCUT2D eigenvalue weighted by molar-refractivity contribution is 7.89. The minimum absolute atomic E-state index is 0.0732. The van der Waals surface area contributed by atoms with Gasteiger partial charge in [0.25, 0.3) is 0 Å². The molecule has 86 valence electrons. The zero-order chi connectivity index (χ0) is 11.2. The van der Waals surface area contributed by atoms with Crippen LogP contribution in [0.5, 0.6) is 0 Å². The molecule has 4 atom stereocenters. The number of ether oxygens (including phenoxy) is 1. The quantitative estimate of drug-likeness (QED) is 0.673. The van der Waals surface area contributed by atoms with Gasteiger partial charge >= 0.3 is 5.97 Å². The standard InChI is InChI=1S/C9H15NO4S/c1-14-9(11)7-5-3-2-4-6(5)8(7)15(10,12)13/h5-8H,2-4H2,1H3,(H2,10,12,13)/t5-,6+,7+,8+/m1/s1. The minimum Gasteiger partial charge on any atom is -0.469 e. The number of esters is 1. The van der Waals surface area contributed by atoms with E-state index in [1.54, 1.807) is 0 Å². The summed E-state index contributed by atoms with van der Waals surface area (Å²) < 4.78 is 27.3. The van der Waals surface area contributed by atoms with Crippen molar-refractivity contribution in [1.29, 1.82) is 0 Å². The normalized spacial score (nSPS) is 39.3. The number of sulfonamides is 1. The zero-order valence-corrected chi connectivity index (χ0v) is 9.37. The molecule has 0 aromatic carbocycles. The summed E-state index contributed by atoms with van der Waals surface area (Å²) in [7, 11) is -2.34. The van der Waals surface area contributed by atoms with Gasteiger partial charge in [-0.05, 0) is 24.7 Å². The van der Waals surface area contributed by atoms with E-state index in [1.165, 1.54) is 7.11 Å². The molecule has 2 rings (SSSR count). The van der Waals surface area contributed by atoms with Crippen molar-refractivity contribution in [2.45, 2.75) is 24.5 Å². The summed E-state index contributed by atoms with van der Waals surface area (Å²) in [6.07, 6.45) is 2.75. The van der Waals surface area contributed by atoms with Crippen LogP contribution in [0.2, 0.25) is 0 Å². The van der Waals surface area contributed by atoms with Crippen LogP contribution in [-0.2, 0) is 19.6 Å². The van der Waals surface area contributed by atoms with Gasteiger partial charge in [0.15, 0.2) is 0 Å². The highest BCUT2D eigenvalue weighted by Gasteiger charge is 2.60. The number of carbonyl (C=O) groups is 1. The lowest BCUT2D eigenvalue weighted by Gasteiger charge is -2.45. The molecule has 0 unspecified atom stereocenters. The summed E-state index contributed by atoms with van der Waals surface area (Å²) >= 11 is 0. The van der Waals surface area contributed by atoms with Gasteiger partial charge in [0.05, 0.1) is 18.3 Å². The number of nitrogens with two attached hydrogens (primary N) is 1. The Morgan fingerprint density at radius 2 is 1.93 bits per heavy atom. The van der Waals surface area contributed by atoms with Crippen LogP contribution in [0.25, 0.3) is 0 Å². The van der Waals surface area contributed by atoms with E-state index in [0.717, 1.165) is 19.3 Å². The van der Waals surface area contributed by atoms with Crippen molar-refractivity contribution in [1.82, 2.24) is 0 Å². The van der Waals surface area contributed by atoms with Gasteiger partial charge in [-0.1, -0.05) is 6.42 Å². The molecule has 0 bridgehead atoms. The van der Waals surface area contributed by atoms with Crippen molar-refractivity contribution in [3.63, 3.8) is 0 Å². The molecule has 0 radical (unpaired) electrons. The first kappa shape index (κ1) is 10.9. The topological polar surface area (TPSA) is 86.5 Å². The van der Waals surface area contributed by atoms with Crippen molar-refractivity contribution < 1.29 is 17.9 Å². The number of hydrogen-bond acceptors (Lipinski definition) is 4. The van der Waals surface area contributed by atoms with E-state index in [4.69, 9.17) is 5.14 Å². The first-order chi connectivity index (χ1) is 6.96. The van der Waals surface area contributed by atoms with E-state index < -0.39 is 27.2 Å². The van der Waals surface area contributed by atoms with Crippen molar-refractivity contribution in [3.05, 3.63) is 0 Å². The van der Waals surface area contributed by atoms with E-state index in [-0.39, 0.29) is 11.8 Å². The molecule has 0 saturated heterocycles. The molecule has 0 aliphatic heterocycles. The maximum absolute atomic E-state index is 11.5. The second kappa shape index (κ2) is 3.45. The summed E-state index contributed by atoms with van der Waals surface area (Å²) in [5.74, 6) is -0.723. The maximum Gasteiger partial charge on any atom is 0.310 e. The molecular weight excluding hydrogens is 218 g/mol. The smallest absolute Gasteiger partial charge is 0.310 e. The first-order valence-corrected chi connectivity index (χ1v) is 6.67. The molecule has 0 heterocycles. The number of rotatable bonds is 2. The number of primary sulfonamides is 1. The van der Waals surface area contributed by atoms with E-state index in [0.29, 0.717) is 0 Å². The maximum atomic E-state index is 11.5. The molecule has 2 aliphatic rings. The lowest BCUT2D eigenvalue weighted by atomic mass is 9.66. The summed E-state index contributed by atoms with van der Waals surface area (Å²) in [5, 5.41) is 4.43. The van der Waals surface area contributed by atoms with Gasteiger partial charge in [0, 0.05) is 0 Å². The fourth-order valence-electron chi connectivity index (χ4n) is 3.13. The van der Waals surface area contributed by atoms with Gasteiger partial charge in [0.1, 0.15) is 0 Å². The third-order valence-electron chi connectivity index (χ3n) is 3.71. The van der Waals surface area contributed by atoms with E-state index in [1.807, 2.05) is 0 Å². The van der Waals surface area contributed by atoms with Crippen LogP contribution >= 0.6 is 0 Å². The number of methoxy groups -OCH3 is 1. The number of carbonyl (C=O) groups excluding carboxylic acids is 1. The largest absolute Gasteiger partial charge is 0.469 e. The molecule has 0 aromatic rings. The minimum atomic E-state index is -3.63. The third-order valence-corrected chi connectivity index (χ3v) is 5.12. The molecule has 0 aromatic heterocycles. The van der Waals surface area contributed by atoms with Crippen LogP contribution < -0.4 is 5.14 Å². The Balaban J connectivity index is 2.25. The van der Waals surface area contributed by atoms with Gasteiger partial charge in [-0.2, -0.15) is 0 Å². The SMILES string of the molecule is COC(=O)[C@H]1[C@@H]2CCC[C@@H]2[C@@H]1S(N)(=O)=O. The van der Waals surface area contributed by atoms with Crippen LogP contribution in [0.1, 0.15) is 19.3 Å². The Hall–Kier alpha value is -0.620. The van der Waals surface area contributed by atoms with Crippen LogP contribution in [0.15, 0.2) is 0 Å². The van der Waals surface area contributed by atoms with Crippen LogP contribution in [0, 0.1) is 17.8 Å². The Morgan fingerprint density at radius 1 is 1.33 bits per heavy atom. The molecular formula is C9H15NO4S. The first-order valence-electron chi connectivity index (χ1n) is 5.06. The molecule has 6 heteroatoms. The van der Waals surface area contributed by atoms with Gasteiger partial charge in [-0.25, -0.2) is 13.6 Å². The lowest BCUT2D eigenvalue weighted by Crippen LogP contribution is -2.58. The predicted octanol–water partition coefficient (Wildman–Crippen LogP) is -0.137. The Bertz CT molecular complexity index is 378. The van der Waals surface area contributed by atoms with Gasteiger partial charge in [-0.15, -0.1) is 0 Å². The summed E-state index contributed by atoms with van der Waals surface area (Å²) in [4.78, 5) is 11.5. The molecule has 0 spiro atoms. The van der Waals surface area contributed by atoms with E-state index >= 15 is 0 Å². The Kier molecular flexibility index (Phi) is 2.50. The lowest BCUT2D eigenvalue weighted by molar-refractivity contribution is -0.153. The predicted molar refractivity (Wildman–Crippen MR) is 53.2 cm³/mol. The summed E-state index contributed by atoms with van der Waals surface area (Å²) in [6, 6.07) is 0. The van der Waals surface area contributed by atoms with Gasteiger partial charge < -0.3 is 4.74 Å². The average molecular weight is 233 g/mol. The van der Waals surface area contributed by atoms with Crippen molar-refractivity contribution >= 4 is 16.0 Å². The second-order valence-corrected chi connectivity index (χ2v) is 6.08. The van der Waals surface area contributed by atoms with Crippen molar-refractivity contribution in [2.24, 2.45) is 22.9 Å². The highest BCUT2D eigenvalue weighted by atomic mass is 32.2. The molecule has 15 heavy (non-hydrogen) atoms. The number of hydrogen-bond donors (Lipinski definition) is 1. The molecule has 2 saturated carbocycles. The zero-order valence-electron chi connectivity index (χ0n) is 8.55. The molecule has 2 fully saturated rings. The average Bonchev–Trinajstić information content (AvgIpc) is 2.46. The summed E-state index contributed by atoms with van der Waals surface area (Å²) in [6.45, 7) is 0. The molecule has 5 nitrogen and oxygen atoms in total. The molecule has 2 N–H and O–H groups in total. The van der Waals surface area contributed by atoms with E-state index in [9.17, 15) is 13.2 Å². The Labute approximate surface area is 89.0 Å². The fraction of sp³-hybridized carbons (Fsp3) is 0.889. The van der Waals surface area contributed by atoms with Crippen molar-refractivity contribution in [2.75, 3.05) is 7.11 Å². The van der Waals surface area contributed by atoms with Gasteiger partial charge in [-0.3, -0.25) is 4.79 Å². The van der Waals surface area contributed by atoms with Crippen LogP contribution in [-0.4, -0.2) is 26.7 Å². The Morgan fingerprint density at radius 3 is 2.47 bits per heavy atom. The highest BCUT2D eigenvalue weighted by Crippen LogP contribution is 2.53. The monoisotopic (exact) mass is 233 g/mol. The van der Waals surface area contributed by atoms with Crippen LogP contribution in [0.4, 0.5) is 0 Å². The summed E-state index contributed by atoms with van der Waals surface area (Å²) in [5.41, 5.74) is 0. The molecule has 0 amide bonds. The number of fused-ring (bicyclic) bond motifs is 1. The van der Waals surface area contributed by atoms with Crippen molar-refractivity contribution in [3.8, 4) is 0 Å². The third kappa shape index (κ3) is 1.56.